The van der Waals surface area contributed by atoms with Crippen molar-refractivity contribution in [3.8, 4) is 0 Å². The van der Waals surface area contributed by atoms with Gasteiger partial charge < -0.3 is 15.0 Å². The Hall–Kier alpha value is -0.770. The highest BCUT2D eigenvalue weighted by atomic mass is 16.5. The van der Waals surface area contributed by atoms with E-state index in [0.29, 0.717) is 19.2 Å². The molecule has 4 heteroatoms. The van der Waals surface area contributed by atoms with Gasteiger partial charge in [0, 0.05) is 25.7 Å². The molecule has 0 aromatic carbocycles. The highest BCUT2D eigenvalue weighted by Crippen LogP contribution is 2.18. The first-order chi connectivity index (χ1) is 7.15. The fourth-order valence-electron chi connectivity index (χ4n) is 1.59. The van der Waals surface area contributed by atoms with Crippen LogP contribution in [0.1, 0.15) is 33.1 Å². The standard InChI is InChI=1S/C11H22N2O2/c1-9(2)13(7-8-15-3)11(14)12-10-5-4-6-10/h9-10H,4-8H2,1-3H3,(H,12,14). The van der Waals surface area contributed by atoms with Gasteiger partial charge in [0.1, 0.15) is 0 Å². The normalized spacial score (nSPS) is 16.3. The van der Waals surface area contributed by atoms with Crippen LogP contribution in [0.15, 0.2) is 0 Å². The molecule has 1 fully saturated rings. The van der Waals surface area contributed by atoms with Crippen molar-refractivity contribution < 1.29 is 9.53 Å². The fourth-order valence-corrected chi connectivity index (χ4v) is 1.59. The number of ether oxygens (including phenoxy) is 1. The predicted octanol–water partition coefficient (Wildman–Crippen LogP) is 1.61. The fraction of sp³-hybridized carbons (Fsp3) is 0.909. The second-order valence-corrected chi connectivity index (χ2v) is 4.36. The first kappa shape index (κ1) is 12.3. The summed E-state index contributed by atoms with van der Waals surface area (Å²) >= 11 is 0. The number of rotatable bonds is 5. The number of hydrogen-bond acceptors (Lipinski definition) is 2. The molecule has 0 atom stereocenters. The van der Waals surface area contributed by atoms with Crippen molar-refractivity contribution in [2.75, 3.05) is 20.3 Å². The van der Waals surface area contributed by atoms with E-state index in [2.05, 4.69) is 5.32 Å². The number of hydrogen-bond donors (Lipinski definition) is 1. The Balaban J connectivity index is 2.35. The molecule has 0 heterocycles. The molecule has 0 aromatic heterocycles. The molecular weight excluding hydrogens is 192 g/mol. The maximum Gasteiger partial charge on any atom is 0.317 e. The third-order valence-electron chi connectivity index (χ3n) is 2.85. The van der Waals surface area contributed by atoms with Crippen LogP contribution < -0.4 is 5.32 Å². The van der Waals surface area contributed by atoms with Gasteiger partial charge in [-0.2, -0.15) is 0 Å². The van der Waals surface area contributed by atoms with Gasteiger partial charge >= 0.3 is 6.03 Å². The number of nitrogens with zero attached hydrogens (tertiary/aromatic N) is 1. The van der Waals surface area contributed by atoms with Gasteiger partial charge in [0.2, 0.25) is 0 Å². The topological polar surface area (TPSA) is 41.6 Å². The van der Waals surface area contributed by atoms with Gasteiger partial charge in [-0.25, -0.2) is 4.79 Å². The molecule has 0 spiro atoms. The van der Waals surface area contributed by atoms with Gasteiger partial charge in [0.05, 0.1) is 6.61 Å². The zero-order valence-electron chi connectivity index (χ0n) is 9.95. The Bertz CT molecular complexity index is 203. The summed E-state index contributed by atoms with van der Waals surface area (Å²) in [6.45, 7) is 5.30. The van der Waals surface area contributed by atoms with Crippen LogP contribution in [-0.4, -0.2) is 43.3 Å². The highest BCUT2D eigenvalue weighted by Gasteiger charge is 2.23. The first-order valence-electron chi connectivity index (χ1n) is 5.71. The Labute approximate surface area is 92.0 Å². The molecule has 1 N–H and O–H groups in total. The van der Waals surface area contributed by atoms with Crippen LogP contribution in [0.2, 0.25) is 0 Å². The van der Waals surface area contributed by atoms with Crippen LogP contribution in [-0.2, 0) is 4.74 Å². The van der Waals surface area contributed by atoms with E-state index in [9.17, 15) is 4.79 Å². The SMILES string of the molecule is COCCN(C(=O)NC1CCC1)C(C)C. The third-order valence-corrected chi connectivity index (χ3v) is 2.85. The van der Waals surface area contributed by atoms with Gasteiger partial charge in [-0.05, 0) is 33.1 Å². The van der Waals surface area contributed by atoms with Crippen LogP contribution in [0, 0.1) is 0 Å². The smallest absolute Gasteiger partial charge is 0.317 e. The molecular formula is C11H22N2O2. The molecule has 1 rings (SSSR count). The summed E-state index contributed by atoms with van der Waals surface area (Å²) in [4.78, 5) is 13.7. The lowest BCUT2D eigenvalue weighted by molar-refractivity contribution is 0.131. The van der Waals surface area contributed by atoms with Crippen molar-refractivity contribution >= 4 is 6.03 Å². The quantitative estimate of drug-likeness (QED) is 0.755. The number of carbonyl (C=O) groups is 1. The van der Waals surface area contributed by atoms with Gasteiger partial charge in [-0.15, -0.1) is 0 Å². The monoisotopic (exact) mass is 214 g/mol. The predicted molar refractivity (Wildman–Crippen MR) is 59.9 cm³/mol. The van der Waals surface area contributed by atoms with E-state index < -0.39 is 0 Å². The molecule has 88 valence electrons. The average molecular weight is 214 g/mol. The van der Waals surface area contributed by atoms with Crippen molar-refractivity contribution in [3.05, 3.63) is 0 Å². The summed E-state index contributed by atoms with van der Waals surface area (Å²) in [7, 11) is 1.66. The van der Waals surface area contributed by atoms with Crippen LogP contribution in [0.4, 0.5) is 4.79 Å². The van der Waals surface area contributed by atoms with Gasteiger partial charge in [0.15, 0.2) is 0 Å². The lowest BCUT2D eigenvalue weighted by Crippen LogP contribution is -2.50. The van der Waals surface area contributed by atoms with Crippen LogP contribution in [0.3, 0.4) is 0 Å². The van der Waals surface area contributed by atoms with E-state index in [1.54, 1.807) is 7.11 Å². The molecule has 1 saturated carbocycles. The van der Waals surface area contributed by atoms with Crippen LogP contribution in [0.25, 0.3) is 0 Å². The van der Waals surface area contributed by atoms with Crippen molar-refractivity contribution in [1.82, 2.24) is 10.2 Å². The summed E-state index contributed by atoms with van der Waals surface area (Å²) in [5.41, 5.74) is 0. The first-order valence-corrected chi connectivity index (χ1v) is 5.71. The van der Waals surface area contributed by atoms with E-state index in [1.165, 1.54) is 6.42 Å². The minimum absolute atomic E-state index is 0.0479. The van der Waals surface area contributed by atoms with Crippen molar-refractivity contribution in [2.45, 2.75) is 45.2 Å². The molecule has 0 unspecified atom stereocenters. The van der Waals surface area contributed by atoms with Crippen molar-refractivity contribution in [3.63, 3.8) is 0 Å². The Morgan fingerprint density at radius 2 is 2.20 bits per heavy atom. The molecule has 1 aliphatic rings. The van der Waals surface area contributed by atoms with E-state index in [1.807, 2.05) is 18.7 Å². The molecule has 0 radical (unpaired) electrons. The molecule has 0 aliphatic heterocycles. The van der Waals surface area contributed by atoms with E-state index in [4.69, 9.17) is 4.74 Å². The summed E-state index contributed by atoms with van der Waals surface area (Å²) in [5, 5.41) is 3.04. The minimum atomic E-state index is 0.0479. The lowest BCUT2D eigenvalue weighted by Gasteiger charge is -2.32. The number of methoxy groups -OCH3 is 1. The third kappa shape index (κ3) is 3.70. The Morgan fingerprint density at radius 3 is 2.60 bits per heavy atom. The lowest BCUT2D eigenvalue weighted by atomic mass is 9.93. The number of carbonyl (C=O) groups excluding carboxylic acids is 1. The molecule has 1 aliphatic carbocycles. The van der Waals surface area contributed by atoms with Crippen LogP contribution >= 0.6 is 0 Å². The average Bonchev–Trinajstić information content (AvgIpc) is 2.11. The van der Waals surface area contributed by atoms with Crippen molar-refractivity contribution in [2.24, 2.45) is 0 Å². The largest absolute Gasteiger partial charge is 0.383 e. The van der Waals surface area contributed by atoms with Crippen LogP contribution in [0.5, 0.6) is 0 Å². The summed E-state index contributed by atoms with van der Waals surface area (Å²) < 4.78 is 5.00. The van der Waals surface area contributed by atoms with E-state index in [0.717, 1.165) is 12.8 Å². The maximum absolute atomic E-state index is 11.9. The zero-order chi connectivity index (χ0) is 11.3. The Morgan fingerprint density at radius 1 is 1.53 bits per heavy atom. The summed E-state index contributed by atoms with van der Waals surface area (Å²) in [5.74, 6) is 0. The zero-order valence-corrected chi connectivity index (χ0v) is 9.95. The maximum atomic E-state index is 11.9. The van der Waals surface area contributed by atoms with Gasteiger partial charge in [-0.1, -0.05) is 0 Å². The summed E-state index contributed by atoms with van der Waals surface area (Å²) in [6.07, 6.45) is 3.49. The molecule has 0 bridgehead atoms. The van der Waals surface area contributed by atoms with E-state index >= 15 is 0 Å². The minimum Gasteiger partial charge on any atom is -0.383 e. The second-order valence-electron chi connectivity index (χ2n) is 4.36. The number of amides is 2. The van der Waals surface area contributed by atoms with Gasteiger partial charge in [-0.3, -0.25) is 0 Å². The van der Waals surface area contributed by atoms with Crippen molar-refractivity contribution in [1.29, 1.82) is 0 Å². The van der Waals surface area contributed by atoms with E-state index in [-0.39, 0.29) is 12.1 Å². The molecule has 0 aromatic rings. The molecule has 4 nitrogen and oxygen atoms in total. The Kier molecular flexibility index (Phi) is 4.88. The molecule has 2 amide bonds. The number of urea groups is 1. The highest BCUT2D eigenvalue weighted by molar-refractivity contribution is 5.74. The second kappa shape index (κ2) is 5.95. The molecule has 15 heavy (non-hydrogen) atoms. The summed E-state index contributed by atoms with van der Waals surface area (Å²) in [6, 6.07) is 0.674. The number of nitrogens with one attached hydrogen (secondary N) is 1. The van der Waals surface area contributed by atoms with Gasteiger partial charge in [0.25, 0.3) is 0 Å². The molecule has 0 saturated heterocycles.